The molecule has 0 aromatic heterocycles. The van der Waals surface area contributed by atoms with Crippen molar-refractivity contribution in [3.05, 3.63) is 90.0 Å². The molecule has 0 spiro atoms. The Kier molecular flexibility index (Phi) is 5.16. The molecule has 29 heavy (non-hydrogen) atoms. The summed E-state index contributed by atoms with van der Waals surface area (Å²) in [6.07, 6.45) is 0. The second kappa shape index (κ2) is 8.06. The lowest BCUT2D eigenvalue weighted by molar-refractivity contribution is -0.121. The van der Waals surface area contributed by atoms with Gasteiger partial charge in [-0.3, -0.25) is 14.5 Å². The van der Waals surface area contributed by atoms with Crippen LogP contribution in [0, 0.1) is 0 Å². The van der Waals surface area contributed by atoms with Crippen LogP contribution in [-0.4, -0.2) is 25.0 Å². The molecule has 3 aromatic carbocycles. The number of carbonyl (C=O) groups excluding carboxylic acids is 2. The van der Waals surface area contributed by atoms with E-state index in [0.717, 1.165) is 5.56 Å². The van der Waals surface area contributed by atoms with E-state index in [2.05, 4.69) is 0 Å². The molecule has 146 valence electrons. The molecular weight excluding hydrogens is 368 g/mol. The molecule has 6 heteroatoms. The number of primary amides is 1. The molecule has 0 bridgehead atoms. The summed E-state index contributed by atoms with van der Waals surface area (Å²) >= 11 is 0. The number of rotatable bonds is 5. The van der Waals surface area contributed by atoms with E-state index < -0.39 is 5.91 Å². The number of hydrogen-bond acceptors (Lipinski definition) is 4. The van der Waals surface area contributed by atoms with Crippen molar-refractivity contribution in [1.82, 2.24) is 0 Å². The maximum atomic E-state index is 13.2. The number of hydrogen-bond donors (Lipinski definition) is 1. The first-order valence-corrected chi connectivity index (χ1v) is 9.25. The lowest BCUT2D eigenvalue weighted by Gasteiger charge is -2.37. The molecule has 6 nitrogen and oxygen atoms in total. The largest absolute Gasteiger partial charge is 0.489 e. The van der Waals surface area contributed by atoms with Crippen molar-refractivity contribution in [2.24, 2.45) is 5.73 Å². The molecule has 0 saturated heterocycles. The molecule has 0 fully saturated rings. The van der Waals surface area contributed by atoms with Crippen LogP contribution < -0.4 is 20.1 Å². The fourth-order valence-corrected chi connectivity index (χ4v) is 3.35. The summed E-state index contributed by atoms with van der Waals surface area (Å²) in [5.74, 6) is 0.455. The van der Waals surface area contributed by atoms with Gasteiger partial charge in [-0.1, -0.05) is 42.5 Å². The lowest BCUT2D eigenvalue weighted by Crippen LogP contribution is -2.43. The Hall–Kier alpha value is -3.80. The van der Waals surface area contributed by atoms with E-state index in [9.17, 15) is 9.59 Å². The third-order valence-electron chi connectivity index (χ3n) is 4.79. The van der Waals surface area contributed by atoms with Crippen molar-refractivity contribution in [2.45, 2.75) is 6.04 Å². The summed E-state index contributed by atoms with van der Waals surface area (Å²) in [4.78, 5) is 26.1. The highest BCUT2D eigenvalue weighted by atomic mass is 16.5. The number of carbonyl (C=O) groups is 2. The summed E-state index contributed by atoms with van der Waals surface area (Å²) in [5, 5.41) is 0. The predicted molar refractivity (Wildman–Crippen MR) is 109 cm³/mol. The predicted octanol–water partition coefficient (Wildman–Crippen LogP) is 3.33. The van der Waals surface area contributed by atoms with Gasteiger partial charge in [0.2, 0.25) is 5.91 Å². The van der Waals surface area contributed by atoms with Crippen molar-refractivity contribution in [3.8, 4) is 11.5 Å². The van der Waals surface area contributed by atoms with E-state index in [1.165, 1.54) is 0 Å². The maximum absolute atomic E-state index is 13.2. The Labute approximate surface area is 168 Å². The molecule has 1 unspecified atom stereocenters. The molecule has 0 saturated carbocycles. The summed E-state index contributed by atoms with van der Waals surface area (Å²) in [7, 11) is 0. The number of benzene rings is 3. The van der Waals surface area contributed by atoms with Crippen molar-refractivity contribution in [3.63, 3.8) is 0 Å². The van der Waals surface area contributed by atoms with Crippen LogP contribution in [0.5, 0.6) is 11.5 Å². The van der Waals surface area contributed by atoms with Gasteiger partial charge in [-0.25, -0.2) is 0 Å². The van der Waals surface area contributed by atoms with Crippen molar-refractivity contribution in [2.75, 3.05) is 18.1 Å². The van der Waals surface area contributed by atoms with Gasteiger partial charge in [-0.2, -0.15) is 0 Å². The molecule has 0 aliphatic carbocycles. The van der Waals surface area contributed by atoms with Crippen LogP contribution in [0.4, 0.5) is 5.69 Å². The molecule has 1 aliphatic heterocycles. The molecule has 1 heterocycles. The fourth-order valence-electron chi connectivity index (χ4n) is 3.35. The van der Waals surface area contributed by atoms with Crippen LogP contribution in [0.3, 0.4) is 0 Å². The zero-order valence-corrected chi connectivity index (χ0v) is 15.7. The first-order valence-electron chi connectivity index (χ1n) is 9.25. The van der Waals surface area contributed by atoms with Crippen LogP contribution in [0.25, 0.3) is 0 Å². The number of nitrogens with two attached hydrogens (primary N) is 1. The van der Waals surface area contributed by atoms with Crippen LogP contribution >= 0.6 is 0 Å². The van der Waals surface area contributed by atoms with Gasteiger partial charge in [0, 0.05) is 5.56 Å². The van der Waals surface area contributed by atoms with E-state index in [-0.39, 0.29) is 18.6 Å². The van der Waals surface area contributed by atoms with Crippen molar-refractivity contribution in [1.29, 1.82) is 0 Å². The lowest BCUT2D eigenvalue weighted by atomic mass is 10.0. The molecule has 3 aromatic rings. The first-order chi connectivity index (χ1) is 14.1. The Morgan fingerprint density at radius 3 is 2.38 bits per heavy atom. The molecule has 0 radical (unpaired) electrons. The Bertz CT molecular complexity index is 1020. The average molecular weight is 388 g/mol. The van der Waals surface area contributed by atoms with Gasteiger partial charge < -0.3 is 15.2 Å². The standard InChI is InChI=1S/C23H20N2O4/c24-23(27)17-10-12-18(13-11-17)28-15-22(26)25-19-8-4-5-9-21(19)29-14-20(25)16-6-2-1-3-7-16/h1-13,20H,14-15H2,(H2,24,27). The average Bonchev–Trinajstić information content (AvgIpc) is 2.77. The number of anilines is 1. The van der Waals surface area contributed by atoms with Crippen molar-refractivity contribution < 1.29 is 19.1 Å². The zero-order chi connectivity index (χ0) is 20.2. The van der Waals surface area contributed by atoms with Crippen molar-refractivity contribution >= 4 is 17.5 Å². The van der Waals surface area contributed by atoms with Gasteiger partial charge in [0.15, 0.2) is 6.61 Å². The van der Waals surface area contributed by atoms with Crippen LogP contribution in [0.15, 0.2) is 78.9 Å². The van der Waals surface area contributed by atoms with Gasteiger partial charge in [0.25, 0.3) is 5.91 Å². The van der Waals surface area contributed by atoms with Gasteiger partial charge in [0.05, 0.1) is 11.7 Å². The van der Waals surface area contributed by atoms with E-state index in [1.54, 1.807) is 29.2 Å². The minimum Gasteiger partial charge on any atom is -0.489 e. The normalized spacial score (nSPS) is 15.2. The highest BCUT2D eigenvalue weighted by molar-refractivity contribution is 5.97. The summed E-state index contributed by atoms with van der Waals surface area (Å²) in [6.45, 7) is 0.216. The zero-order valence-electron chi connectivity index (χ0n) is 15.7. The highest BCUT2D eigenvalue weighted by Gasteiger charge is 2.33. The second-order valence-corrected chi connectivity index (χ2v) is 6.65. The van der Waals surface area contributed by atoms with Gasteiger partial charge in [-0.15, -0.1) is 0 Å². The number of nitrogens with zero attached hydrogens (tertiary/aromatic N) is 1. The molecule has 1 atom stereocenters. The van der Waals surface area contributed by atoms with E-state index in [0.29, 0.717) is 29.4 Å². The molecule has 2 amide bonds. The minimum absolute atomic E-state index is 0.145. The second-order valence-electron chi connectivity index (χ2n) is 6.65. The van der Waals surface area contributed by atoms with E-state index in [4.69, 9.17) is 15.2 Å². The molecule has 4 rings (SSSR count). The Morgan fingerprint density at radius 2 is 1.66 bits per heavy atom. The van der Waals surface area contributed by atoms with Gasteiger partial charge in [0.1, 0.15) is 18.1 Å². The Balaban J connectivity index is 1.57. The summed E-state index contributed by atoms with van der Waals surface area (Å²) in [5.41, 5.74) is 7.33. The highest BCUT2D eigenvalue weighted by Crippen LogP contribution is 2.39. The molecule has 1 aliphatic rings. The molecule has 2 N–H and O–H groups in total. The minimum atomic E-state index is -0.511. The maximum Gasteiger partial charge on any atom is 0.265 e. The summed E-state index contributed by atoms with van der Waals surface area (Å²) in [6, 6.07) is 23.4. The SMILES string of the molecule is NC(=O)c1ccc(OCC(=O)N2c3ccccc3OCC2c2ccccc2)cc1. The Morgan fingerprint density at radius 1 is 0.966 bits per heavy atom. The van der Waals surface area contributed by atoms with Crippen LogP contribution in [0.1, 0.15) is 22.0 Å². The van der Waals surface area contributed by atoms with Gasteiger partial charge >= 0.3 is 0 Å². The number of para-hydroxylation sites is 2. The van der Waals surface area contributed by atoms with E-state index >= 15 is 0 Å². The number of fused-ring (bicyclic) bond motifs is 1. The van der Waals surface area contributed by atoms with Crippen LogP contribution in [-0.2, 0) is 4.79 Å². The van der Waals surface area contributed by atoms with Gasteiger partial charge in [-0.05, 0) is 42.0 Å². The van der Waals surface area contributed by atoms with Crippen LogP contribution in [0.2, 0.25) is 0 Å². The quantitative estimate of drug-likeness (QED) is 0.727. The summed E-state index contributed by atoms with van der Waals surface area (Å²) < 4.78 is 11.6. The monoisotopic (exact) mass is 388 g/mol. The first kappa shape index (κ1) is 18.6. The molecular formula is C23H20N2O4. The number of amides is 2. The van der Waals surface area contributed by atoms with E-state index in [1.807, 2.05) is 54.6 Å². The topological polar surface area (TPSA) is 81.9 Å². The fraction of sp³-hybridized carbons (Fsp3) is 0.130. The third-order valence-corrected chi connectivity index (χ3v) is 4.79. The third kappa shape index (κ3) is 3.91. The number of ether oxygens (including phenoxy) is 2. The smallest absolute Gasteiger partial charge is 0.265 e.